The van der Waals surface area contributed by atoms with Gasteiger partial charge in [-0.1, -0.05) is 48.5 Å². The van der Waals surface area contributed by atoms with Crippen LogP contribution in [0.15, 0.2) is 76.3 Å². The molecule has 30 heavy (non-hydrogen) atoms. The van der Waals surface area contributed by atoms with Crippen LogP contribution in [0, 0.1) is 0 Å². The Bertz CT molecular complexity index is 1110. The lowest BCUT2D eigenvalue weighted by molar-refractivity contribution is -0.133. The summed E-state index contributed by atoms with van der Waals surface area (Å²) in [4.78, 5) is 26.2. The zero-order valence-corrected chi connectivity index (χ0v) is 17.8. The number of likely N-dealkylation sites (N-methyl/N-ethyl adjacent to an activating group) is 1. The van der Waals surface area contributed by atoms with Gasteiger partial charge in [-0.05, 0) is 29.1 Å². The van der Waals surface area contributed by atoms with Gasteiger partial charge in [0.2, 0.25) is 0 Å². The monoisotopic (exact) mass is 444 g/mol. The fraction of sp³-hybridized carbons (Fsp3) is 0.143. The van der Waals surface area contributed by atoms with Gasteiger partial charge in [0.1, 0.15) is 4.21 Å². The van der Waals surface area contributed by atoms with E-state index in [1.54, 1.807) is 30.6 Å². The summed E-state index contributed by atoms with van der Waals surface area (Å²) >= 11 is 1.06. The molecule has 0 aliphatic heterocycles. The zero-order valence-electron chi connectivity index (χ0n) is 16.1. The highest BCUT2D eigenvalue weighted by Gasteiger charge is 2.21. The summed E-state index contributed by atoms with van der Waals surface area (Å²) < 4.78 is 32.6. The second-order valence-corrected chi connectivity index (χ2v) is 9.25. The smallest absolute Gasteiger partial charge is 0.340 e. The lowest BCUT2D eigenvalue weighted by Crippen LogP contribution is -2.31. The molecule has 1 heterocycles. The number of amides is 1. The van der Waals surface area contributed by atoms with Crippen molar-refractivity contribution in [1.82, 2.24) is 4.90 Å². The van der Waals surface area contributed by atoms with E-state index in [9.17, 15) is 18.0 Å². The maximum absolute atomic E-state index is 12.5. The highest BCUT2D eigenvalue weighted by atomic mass is 32.2. The maximum Gasteiger partial charge on any atom is 0.340 e. The van der Waals surface area contributed by atoms with E-state index < -0.39 is 22.6 Å². The van der Waals surface area contributed by atoms with Gasteiger partial charge in [-0.25, -0.2) is 13.2 Å². The SMILES string of the molecule is CN(Cc1ccccc1)C(=O)COC(=O)c1ccccc1NS(=O)(=O)c1cccs1. The Morgan fingerprint density at radius 1 is 1.00 bits per heavy atom. The molecule has 1 aromatic heterocycles. The van der Waals surface area contributed by atoms with Crippen LogP contribution < -0.4 is 4.72 Å². The minimum Gasteiger partial charge on any atom is -0.452 e. The molecule has 3 rings (SSSR count). The number of anilines is 1. The molecule has 1 N–H and O–H groups in total. The van der Waals surface area contributed by atoms with Crippen LogP contribution in [-0.2, 0) is 26.1 Å². The molecule has 0 aliphatic rings. The topological polar surface area (TPSA) is 92.8 Å². The van der Waals surface area contributed by atoms with E-state index in [-0.39, 0.29) is 21.4 Å². The van der Waals surface area contributed by atoms with Crippen molar-refractivity contribution in [3.05, 3.63) is 83.2 Å². The Morgan fingerprint density at radius 2 is 1.70 bits per heavy atom. The first-order valence-electron chi connectivity index (χ1n) is 8.97. The summed E-state index contributed by atoms with van der Waals surface area (Å²) in [5, 5.41) is 1.65. The molecule has 1 amide bonds. The number of carbonyl (C=O) groups is 2. The van der Waals surface area contributed by atoms with Crippen molar-refractivity contribution in [2.24, 2.45) is 0 Å². The number of nitrogens with zero attached hydrogens (tertiary/aromatic N) is 1. The van der Waals surface area contributed by atoms with Crippen molar-refractivity contribution in [2.75, 3.05) is 18.4 Å². The van der Waals surface area contributed by atoms with Gasteiger partial charge in [0.25, 0.3) is 15.9 Å². The normalized spacial score (nSPS) is 11.0. The highest BCUT2D eigenvalue weighted by molar-refractivity contribution is 7.94. The van der Waals surface area contributed by atoms with Crippen LogP contribution in [0.4, 0.5) is 5.69 Å². The number of nitrogens with one attached hydrogen (secondary N) is 1. The molecular weight excluding hydrogens is 424 g/mol. The van der Waals surface area contributed by atoms with Crippen molar-refractivity contribution in [2.45, 2.75) is 10.8 Å². The third kappa shape index (κ3) is 5.46. The quantitative estimate of drug-likeness (QED) is 0.538. The second kappa shape index (κ2) is 9.55. The van der Waals surface area contributed by atoms with Gasteiger partial charge in [0.15, 0.2) is 6.61 Å². The number of carbonyl (C=O) groups excluding carboxylic acids is 2. The largest absolute Gasteiger partial charge is 0.452 e. The molecule has 9 heteroatoms. The van der Waals surface area contributed by atoms with E-state index in [0.717, 1.165) is 16.9 Å². The van der Waals surface area contributed by atoms with E-state index in [4.69, 9.17) is 4.74 Å². The fourth-order valence-electron chi connectivity index (χ4n) is 2.62. The summed E-state index contributed by atoms with van der Waals surface area (Å²) in [5.74, 6) is -1.16. The van der Waals surface area contributed by atoms with Gasteiger partial charge in [-0.3, -0.25) is 9.52 Å². The molecule has 0 bridgehead atoms. The maximum atomic E-state index is 12.5. The Hall–Kier alpha value is -3.17. The van der Waals surface area contributed by atoms with E-state index in [1.165, 1.54) is 23.1 Å². The number of ether oxygens (including phenoxy) is 1. The van der Waals surface area contributed by atoms with Gasteiger partial charge in [0, 0.05) is 13.6 Å². The number of benzene rings is 2. The summed E-state index contributed by atoms with van der Waals surface area (Å²) in [7, 11) is -2.20. The average molecular weight is 445 g/mol. The molecular formula is C21H20N2O5S2. The molecule has 0 aliphatic carbocycles. The van der Waals surface area contributed by atoms with Crippen LogP contribution in [0.3, 0.4) is 0 Å². The molecule has 0 spiro atoms. The third-order valence-electron chi connectivity index (χ3n) is 4.17. The van der Waals surface area contributed by atoms with E-state index >= 15 is 0 Å². The minimum absolute atomic E-state index is 0.0242. The molecule has 0 fully saturated rings. The second-order valence-electron chi connectivity index (χ2n) is 6.39. The van der Waals surface area contributed by atoms with E-state index in [1.807, 2.05) is 30.3 Å². The van der Waals surface area contributed by atoms with Gasteiger partial charge in [-0.2, -0.15) is 0 Å². The number of esters is 1. The number of hydrogen-bond donors (Lipinski definition) is 1. The van der Waals surface area contributed by atoms with Gasteiger partial charge >= 0.3 is 5.97 Å². The number of hydrogen-bond acceptors (Lipinski definition) is 6. The zero-order chi connectivity index (χ0) is 21.6. The highest BCUT2D eigenvalue weighted by Crippen LogP contribution is 2.23. The Labute approximate surface area is 179 Å². The van der Waals surface area contributed by atoms with Crippen molar-refractivity contribution in [3.63, 3.8) is 0 Å². The van der Waals surface area contributed by atoms with Crippen molar-refractivity contribution in [1.29, 1.82) is 0 Å². The first-order valence-corrected chi connectivity index (χ1v) is 11.3. The van der Waals surface area contributed by atoms with Gasteiger partial charge in [0.05, 0.1) is 11.3 Å². The van der Waals surface area contributed by atoms with Crippen LogP contribution in [0.25, 0.3) is 0 Å². The summed E-state index contributed by atoms with van der Waals surface area (Å²) in [6.07, 6.45) is 0. The Balaban J connectivity index is 1.64. The summed E-state index contributed by atoms with van der Waals surface area (Å²) in [6, 6.07) is 18.6. The van der Waals surface area contributed by atoms with Crippen molar-refractivity contribution in [3.8, 4) is 0 Å². The molecule has 0 unspecified atom stereocenters. The van der Waals surface area contributed by atoms with Crippen LogP contribution in [-0.4, -0.2) is 38.8 Å². The van der Waals surface area contributed by atoms with Crippen LogP contribution in [0.1, 0.15) is 15.9 Å². The Kier molecular flexibility index (Phi) is 6.86. The first-order chi connectivity index (χ1) is 14.4. The molecule has 0 atom stereocenters. The van der Waals surface area contributed by atoms with Crippen molar-refractivity contribution >= 4 is 38.9 Å². The van der Waals surface area contributed by atoms with Gasteiger partial charge < -0.3 is 9.64 Å². The predicted octanol–water partition coefficient (Wildman–Crippen LogP) is 3.36. The summed E-state index contributed by atoms with van der Waals surface area (Å²) in [5.41, 5.74) is 1.06. The molecule has 7 nitrogen and oxygen atoms in total. The lowest BCUT2D eigenvalue weighted by Gasteiger charge is -2.17. The third-order valence-corrected chi connectivity index (χ3v) is 6.93. The molecule has 0 saturated carbocycles. The van der Waals surface area contributed by atoms with E-state index in [2.05, 4.69) is 4.72 Å². The Morgan fingerprint density at radius 3 is 2.40 bits per heavy atom. The number of sulfonamides is 1. The van der Waals surface area contributed by atoms with Crippen LogP contribution >= 0.6 is 11.3 Å². The van der Waals surface area contributed by atoms with Crippen molar-refractivity contribution < 1.29 is 22.7 Å². The fourth-order valence-corrected chi connectivity index (χ4v) is 4.69. The predicted molar refractivity (Wildman–Crippen MR) is 115 cm³/mol. The van der Waals surface area contributed by atoms with Gasteiger partial charge in [-0.15, -0.1) is 11.3 Å². The number of para-hydroxylation sites is 1. The van der Waals surface area contributed by atoms with Crippen LogP contribution in [0.5, 0.6) is 0 Å². The lowest BCUT2D eigenvalue weighted by atomic mass is 10.2. The summed E-state index contributed by atoms with van der Waals surface area (Å²) in [6.45, 7) is -0.0669. The molecule has 3 aromatic rings. The number of thiophene rings is 1. The number of rotatable bonds is 8. The van der Waals surface area contributed by atoms with E-state index in [0.29, 0.717) is 6.54 Å². The first kappa shape index (κ1) is 21.5. The molecule has 2 aromatic carbocycles. The molecule has 0 radical (unpaired) electrons. The van der Waals surface area contributed by atoms with Crippen LogP contribution in [0.2, 0.25) is 0 Å². The molecule has 156 valence electrons. The standard InChI is InChI=1S/C21H20N2O5S2/c1-23(14-16-8-3-2-4-9-16)19(24)15-28-21(25)17-10-5-6-11-18(17)22-30(26,27)20-12-7-13-29-20/h2-13,22H,14-15H2,1H3. The average Bonchev–Trinajstić information content (AvgIpc) is 3.28. The molecule has 0 saturated heterocycles. The minimum atomic E-state index is -3.82.